The van der Waals surface area contributed by atoms with E-state index in [4.69, 9.17) is 0 Å². The molecule has 0 aliphatic carbocycles. The molecule has 1 heterocycles. The van der Waals surface area contributed by atoms with Crippen LogP contribution in [0.5, 0.6) is 0 Å². The zero-order chi connectivity index (χ0) is 14.7. The normalized spacial score (nSPS) is 19.2. The van der Waals surface area contributed by atoms with Crippen LogP contribution in [0.2, 0.25) is 0 Å². The standard InChI is InChI=1S/C19H21NO/c1-20-14-12-18(21)19(13-15-20,16-8-4-2-5-9-16)17-10-6-3-7-11-17/h2-11H,12-15H2,1H3. The number of hydrogen-bond donors (Lipinski definition) is 0. The van der Waals surface area contributed by atoms with Crippen molar-refractivity contribution in [3.05, 3.63) is 71.8 Å². The van der Waals surface area contributed by atoms with Gasteiger partial charge in [-0.2, -0.15) is 0 Å². The van der Waals surface area contributed by atoms with Crippen LogP contribution in [0.4, 0.5) is 0 Å². The summed E-state index contributed by atoms with van der Waals surface area (Å²) in [4.78, 5) is 15.3. The number of rotatable bonds is 2. The van der Waals surface area contributed by atoms with Crippen LogP contribution in [-0.4, -0.2) is 30.8 Å². The number of nitrogens with zero attached hydrogens (tertiary/aromatic N) is 1. The zero-order valence-electron chi connectivity index (χ0n) is 12.5. The highest BCUT2D eigenvalue weighted by molar-refractivity contribution is 5.94. The molecule has 2 aromatic carbocycles. The SMILES string of the molecule is CN1CCC(=O)C(c2ccccc2)(c2ccccc2)CC1. The topological polar surface area (TPSA) is 20.3 Å². The van der Waals surface area contributed by atoms with Crippen molar-refractivity contribution in [2.24, 2.45) is 0 Å². The largest absolute Gasteiger partial charge is 0.306 e. The monoisotopic (exact) mass is 279 g/mol. The molecule has 0 atom stereocenters. The molecule has 1 aliphatic rings. The van der Waals surface area contributed by atoms with Crippen LogP contribution in [0.3, 0.4) is 0 Å². The highest BCUT2D eigenvalue weighted by Gasteiger charge is 2.42. The zero-order valence-corrected chi connectivity index (χ0v) is 12.5. The summed E-state index contributed by atoms with van der Waals surface area (Å²) < 4.78 is 0. The molecule has 108 valence electrons. The highest BCUT2D eigenvalue weighted by Crippen LogP contribution is 2.39. The first-order valence-corrected chi connectivity index (χ1v) is 7.56. The minimum absolute atomic E-state index is 0.337. The summed E-state index contributed by atoms with van der Waals surface area (Å²) in [6.07, 6.45) is 1.46. The summed E-state index contributed by atoms with van der Waals surface area (Å²) in [5.41, 5.74) is 1.75. The van der Waals surface area contributed by atoms with Crippen LogP contribution >= 0.6 is 0 Å². The molecule has 0 bridgehead atoms. The van der Waals surface area contributed by atoms with Crippen molar-refractivity contribution in [1.29, 1.82) is 0 Å². The molecule has 2 aromatic rings. The lowest BCUT2D eigenvalue weighted by Crippen LogP contribution is -2.37. The quantitative estimate of drug-likeness (QED) is 0.841. The van der Waals surface area contributed by atoms with E-state index < -0.39 is 5.41 Å². The number of benzene rings is 2. The van der Waals surface area contributed by atoms with E-state index in [0.717, 1.165) is 30.6 Å². The van der Waals surface area contributed by atoms with Crippen molar-refractivity contribution in [3.63, 3.8) is 0 Å². The van der Waals surface area contributed by atoms with Crippen molar-refractivity contribution in [2.75, 3.05) is 20.1 Å². The molecular weight excluding hydrogens is 258 g/mol. The van der Waals surface area contributed by atoms with E-state index in [0.29, 0.717) is 12.2 Å². The smallest absolute Gasteiger partial charge is 0.149 e. The molecule has 2 nitrogen and oxygen atoms in total. The number of Topliss-reactive ketones (excluding diaryl/α,β-unsaturated/α-hetero) is 1. The molecule has 2 heteroatoms. The Kier molecular flexibility index (Phi) is 3.89. The van der Waals surface area contributed by atoms with Gasteiger partial charge in [0.25, 0.3) is 0 Å². The molecule has 1 fully saturated rings. The van der Waals surface area contributed by atoms with Crippen molar-refractivity contribution in [2.45, 2.75) is 18.3 Å². The van der Waals surface area contributed by atoms with Gasteiger partial charge in [-0.05, 0) is 31.1 Å². The van der Waals surface area contributed by atoms with E-state index >= 15 is 0 Å². The Balaban J connectivity index is 2.17. The Hall–Kier alpha value is -1.93. The molecule has 0 spiro atoms. The van der Waals surface area contributed by atoms with Gasteiger partial charge in [0.05, 0.1) is 5.41 Å². The third-order valence-electron chi connectivity index (χ3n) is 4.60. The summed E-state index contributed by atoms with van der Waals surface area (Å²) in [6, 6.07) is 20.5. The van der Waals surface area contributed by atoms with Gasteiger partial charge in [-0.1, -0.05) is 60.7 Å². The lowest BCUT2D eigenvalue weighted by Gasteiger charge is -2.32. The minimum Gasteiger partial charge on any atom is -0.306 e. The fraction of sp³-hybridized carbons (Fsp3) is 0.316. The van der Waals surface area contributed by atoms with Crippen molar-refractivity contribution >= 4 is 5.78 Å². The first-order chi connectivity index (χ1) is 10.2. The summed E-state index contributed by atoms with van der Waals surface area (Å²) in [6.45, 7) is 1.79. The second kappa shape index (κ2) is 5.82. The van der Waals surface area contributed by atoms with Gasteiger partial charge in [0.2, 0.25) is 0 Å². The van der Waals surface area contributed by atoms with Gasteiger partial charge in [0.15, 0.2) is 0 Å². The number of likely N-dealkylation sites (tertiary alicyclic amines) is 1. The van der Waals surface area contributed by atoms with Gasteiger partial charge in [-0.15, -0.1) is 0 Å². The van der Waals surface area contributed by atoms with Gasteiger partial charge >= 0.3 is 0 Å². The minimum atomic E-state index is -0.493. The molecule has 0 aromatic heterocycles. The van der Waals surface area contributed by atoms with Crippen molar-refractivity contribution in [1.82, 2.24) is 4.90 Å². The van der Waals surface area contributed by atoms with E-state index in [1.54, 1.807) is 0 Å². The van der Waals surface area contributed by atoms with Gasteiger partial charge in [-0.3, -0.25) is 4.79 Å². The fourth-order valence-electron chi connectivity index (χ4n) is 3.34. The molecule has 21 heavy (non-hydrogen) atoms. The second-order valence-electron chi connectivity index (χ2n) is 5.86. The fourth-order valence-corrected chi connectivity index (χ4v) is 3.34. The molecule has 1 aliphatic heterocycles. The Bertz CT molecular complexity index is 566. The number of carbonyl (C=O) groups is 1. The van der Waals surface area contributed by atoms with Crippen LogP contribution in [0.15, 0.2) is 60.7 Å². The van der Waals surface area contributed by atoms with Crippen molar-refractivity contribution < 1.29 is 4.79 Å². The summed E-state index contributed by atoms with van der Waals surface area (Å²) in [5, 5.41) is 0. The molecule has 0 radical (unpaired) electrons. The lowest BCUT2D eigenvalue weighted by atomic mass is 9.68. The first-order valence-electron chi connectivity index (χ1n) is 7.56. The van der Waals surface area contributed by atoms with E-state index in [1.165, 1.54) is 0 Å². The van der Waals surface area contributed by atoms with Gasteiger partial charge in [-0.25, -0.2) is 0 Å². The van der Waals surface area contributed by atoms with Gasteiger partial charge < -0.3 is 4.90 Å². The molecule has 1 saturated heterocycles. The van der Waals surface area contributed by atoms with Crippen LogP contribution in [0, 0.1) is 0 Å². The Morgan fingerprint density at radius 2 is 1.38 bits per heavy atom. The maximum Gasteiger partial charge on any atom is 0.149 e. The van der Waals surface area contributed by atoms with E-state index in [-0.39, 0.29) is 0 Å². The van der Waals surface area contributed by atoms with Crippen LogP contribution in [0.1, 0.15) is 24.0 Å². The number of carbonyl (C=O) groups excluding carboxylic acids is 1. The molecule has 3 rings (SSSR count). The molecular formula is C19H21NO. The van der Waals surface area contributed by atoms with E-state index in [2.05, 4.69) is 36.2 Å². The van der Waals surface area contributed by atoms with Crippen molar-refractivity contribution in [3.8, 4) is 0 Å². The number of hydrogen-bond acceptors (Lipinski definition) is 2. The first kappa shape index (κ1) is 14.0. The Morgan fingerprint density at radius 1 is 0.857 bits per heavy atom. The summed E-state index contributed by atoms with van der Waals surface area (Å²) >= 11 is 0. The molecule has 0 saturated carbocycles. The van der Waals surface area contributed by atoms with Crippen LogP contribution < -0.4 is 0 Å². The van der Waals surface area contributed by atoms with E-state index in [9.17, 15) is 4.79 Å². The molecule has 0 N–H and O–H groups in total. The third kappa shape index (κ3) is 2.52. The Morgan fingerprint density at radius 3 is 1.90 bits per heavy atom. The maximum absolute atomic E-state index is 13.1. The second-order valence-corrected chi connectivity index (χ2v) is 5.86. The molecule has 0 unspecified atom stereocenters. The van der Waals surface area contributed by atoms with E-state index in [1.807, 2.05) is 36.4 Å². The van der Waals surface area contributed by atoms with Crippen LogP contribution in [-0.2, 0) is 10.2 Å². The van der Waals surface area contributed by atoms with Gasteiger partial charge in [0.1, 0.15) is 5.78 Å². The Labute approximate surface area is 126 Å². The maximum atomic E-state index is 13.1. The molecule has 0 amide bonds. The predicted molar refractivity (Wildman–Crippen MR) is 85.4 cm³/mol. The third-order valence-corrected chi connectivity index (χ3v) is 4.60. The van der Waals surface area contributed by atoms with Gasteiger partial charge in [0, 0.05) is 13.0 Å². The van der Waals surface area contributed by atoms with Crippen LogP contribution in [0.25, 0.3) is 0 Å². The predicted octanol–water partition coefficient (Wildman–Crippen LogP) is 3.27. The number of ketones is 1. The average Bonchev–Trinajstić information content (AvgIpc) is 2.69. The summed E-state index contributed by atoms with van der Waals surface area (Å²) in [7, 11) is 2.10. The summed E-state index contributed by atoms with van der Waals surface area (Å²) in [5.74, 6) is 0.337. The lowest BCUT2D eigenvalue weighted by molar-refractivity contribution is -0.122. The highest BCUT2D eigenvalue weighted by atomic mass is 16.1. The average molecular weight is 279 g/mol.